The molecule has 1 amide bonds. The first-order valence-corrected chi connectivity index (χ1v) is 5.20. The molecular weight excluding hydrogens is 164 g/mol. The fraction of sp³-hybridized carbons (Fsp3) is 0.900. The van der Waals surface area contributed by atoms with Gasteiger partial charge in [-0.25, -0.2) is 0 Å². The van der Waals surface area contributed by atoms with E-state index in [-0.39, 0.29) is 11.8 Å². The first kappa shape index (κ1) is 12.4. The fourth-order valence-electron chi connectivity index (χ4n) is 0.961. The Morgan fingerprint density at radius 1 is 1.31 bits per heavy atom. The van der Waals surface area contributed by atoms with Crippen molar-refractivity contribution >= 4 is 5.91 Å². The summed E-state index contributed by atoms with van der Waals surface area (Å²) < 4.78 is 0. The van der Waals surface area contributed by atoms with Crippen LogP contribution in [0.1, 0.15) is 33.6 Å². The average molecular weight is 186 g/mol. The van der Waals surface area contributed by atoms with E-state index in [4.69, 9.17) is 0 Å². The Balaban J connectivity index is 3.27. The van der Waals surface area contributed by atoms with Crippen molar-refractivity contribution in [3.8, 4) is 0 Å². The minimum absolute atomic E-state index is 0.152. The van der Waals surface area contributed by atoms with Gasteiger partial charge in [0, 0.05) is 12.5 Å². The lowest BCUT2D eigenvalue weighted by molar-refractivity contribution is -0.124. The zero-order valence-corrected chi connectivity index (χ0v) is 9.02. The van der Waals surface area contributed by atoms with E-state index in [1.165, 1.54) is 0 Å². The zero-order valence-electron chi connectivity index (χ0n) is 9.02. The highest BCUT2D eigenvalue weighted by Crippen LogP contribution is 1.98. The molecule has 0 aliphatic heterocycles. The van der Waals surface area contributed by atoms with Gasteiger partial charge in [-0.15, -0.1) is 0 Å². The SMILES string of the molecule is CCNCCCNC(=O)C(C)CC. The zero-order chi connectivity index (χ0) is 10.1. The van der Waals surface area contributed by atoms with Gasteiger partial charge >= 0.3 is 0 Å². The molecule has 0 bridgehead atoms. The summed E-state index contributed by atoms with van der Waals surface area (Å²) in [6, 6.07) is 0. The topological polar surface area (TPSA) is 41.1 Å². The molecule has 0 aromatic carbocycles. The molecule has 78 valence electrons. The van der Waals surface area contributed by atoms with Gasteiger partial charge in [-0.1, -0.05) is 20.8 Å². The average Bonchev–Trinajstić information content (AvgIpc) is 2.16. The minimum Gasteiger partial charge on any atom is -0.356 e. The smallest absolute Gasteiger partial charge is 0.222 e. The Bertz CT molecular complexity index is 137. The molecule has 0 rings (SSSR count). The molecule has 0 aromatic rings. The monoisotopic (exact) mass is 186 g/mol. The molecule has 0 saturated carbocycles. The number of carbonyl (C=O) groups excluding carboxylic acids is 1. The third-order valence-electron chi connectivity index (χ3n) is 2.14. The highest BCUT2D eigenvalue weighted by Gasteiger charge is 2.08. The quantitative estimate of drug-likeness (QED) is 0.586. The van der Waals surface area contributed by atoms with Gasteiger partial charge in [-0.3, -0.25) is 4.79 Å². The second-order valence-corrected chi connectivity index (χ2v) is 3.31. The van der Waals surface area contributed by atoms with Crippen molar-refractivity contribution in [2.24, 2.45) is 5.92 Å². The van der Waals surface area contributed by atoms with Crippen molar-refractivity contribution in [2.45, 2.75) is 33.6 Å². The number of rotatable bonds is 7. The lowest BCUT2D eigenvalue weighted by atomic mass is 10.1. The van der Waals surface area contributed by atoms with Gasteiger partial charge in [0.15, 0.2) is 0 Å². The molecule has 0 saturated heterocycles. The lowest BCUT2D eigenvalue weighted by Gasteiger charge is -2.09. The van der Waals surface area contributed by atoms with Crippen molar-refractivity contribution in [3.63, 3.8) is 0 Å². The number of nitrogens with one attached hydrogen (secondary N) is 2. The van der Waals surface area contributed by atoms with Gasteiger partial charge in [0.1, 0.15) is 0 Å². The van der Waals surface area contributed by atoms with Crippen LogP contribution in [0.5, 0.6) is 0 Å². The molecule has 1 unspecified atom stereocenters. The van der Waals surface area contributed by atoms with E-state index in [1.807, 2.05) is 13.8 Å². The second kappa shape index (κ2) is 8.05. The lowest BCUT2D eigenvalue weighted by Crippen LogP contribution is -2.31. The summed E-state index contributed by atoms with van der Waals surface area (Å²) in [5.74, 6) is 0.332. The van der Waals surface area contributed by atoms with E-state index in [9.17, 15) is 4.79 Å². The maximum Gasteiger partial charge on any atom is 0.222 e. The van der Waals surface area contributed by atoms with Gasteiger partial charge in [-0.05, 0) is 25.9 Å². The highest BCUT2D eigenvalue weighted by molar-refractivity contribution is 5.78. The standard InChI is InChI=1S/C10H22N2O/c1-4-9(3)10(13)12-8-6-7-11-5-2/h9,11H,4-8H2,1-3H3,(H,12,13). The summed E-state index contributed by atoms with van der Waals surface area (Å²) in [4.78, 5) is 11.3. The van der Waals surface area contributed by atoms with Crippen LogP contribution < -0.4 is 10.6 Å². The van der Waals surface area contributed by atoms with Crippen molar-refractivity contribution < 1.29 is 4.79 Å². The van der Waals surface area contributed by atoms with E-state index >= 15 is 0 Å². The van der Waals surface area contributed by atoms with Gasteiger partial charge in [0.25, 0.3) is 0 Å². The van der Waals surface area contributed by atoms with Crippen LogP contribution in [-0.4, -0.2) is 25.5 Å². The molecule has 2 N–H and O–H groups in total. The molecular formula is C10H22N2O. The molecule has 0 fully saturated rings. The van der Waals surface area contributed by atoms with Crippen LogP contribution in [-0.2, 0) is 4.79 Å². The molecule has 3 nitrogen and oxygen atoms in total. The van der Waals surface area contributed by atoms with Crippen molar-refractivity contribution in [2.75, 3.05) is 19.6 Å². The maximum atomic E-state index is 11.3. The Kier molecular flexibility index (Phi) is 7.69. The highest BCUT2D eigenvalue weighted by atomic mass is 16.1. The first-order valence-electron chi connectivity index (χ1n) is 5.20. The van der Waals surface area contributed by atoms with Crippen LogP contribution >= 0.6 is 0 Å². The molecule has 0 spiro atoms. The van der Waals surface area contributed by atoms with Crippen LogP contribution in [0.25, 0.3) is 0 Å². The number of hydrogen-bond acceptors (Lipinski definition) is 2. The Morgan fingerprint density at radius 2 is 2.00 bits per heavy atom. The van der Waals surface area contributed by atoms with Gasteiger partial charge in [-0.2, -0.15) is 0 Å². The van der Waals surface area contributed by atoms with Crippen LogP contribution in [0, 0.1) is 5.92 Å². The summed E-state index contributed by atoms with van der Waals surface area (Å²) in [7, 11) is 0. The molecule has 0 radical (unpaired) electrons. The van der Waals surface area contributed by atoms with Crippen LogP contribution in [0.15, 0.2) is 0 Å². The summed E-state index contributed by atoms with van der Waals surface area (Å²) in [6.45, 7) is 8.84. The first-order chi connectivity index (χ1) is 6.22. The van der Waals surface area contributed by atoms with Gasteiger partial charge < -0.3 is 10.6 Å². The molecule has 0 heterocycles. The predicted octanol–water partition coefficient (Wildman–Crippen LogP) is 1.15. The second-order valence-electron chi connectivity index (χ2n) is 3.31. The number of carbonyl (C=O) groups is 1. The molecule has 0 aromatic heterocycles. The minimum atomic E-state index is 0.152. The molecule has 1 atom stereocenters. The summed E-state index contributed by atoms with van der Waals surface area (Å²) in [5.41, 5.74) is 0. The molecule has 3 heteroatoms. The normalized spacial score (nSPS) is 12.5. The van der Waals surface area contributed by atoms with E-state index in [0.717, 1.165) is 32.5 Å². The molecule has 0 aliphatic rings. The third kappa shape index (κ3) is 6.58. The van der Waals surface area contributed by atoms with Gasteiger partial charge in [0.05, 0.1) is 0 Å². The number of hydrogen-bond donors (Lipinski definition) is 2. The van der Waals surface area contributed by atoms with Crippen molar-refractivity contribution in [1.82, 2.24) is 10.6 Å². The van der Waals surface area contributed by atoms with Crippen LogP contribution in [0.3, 0.4) is 0 Å². The molecule has 0 aliphatic carbocycles. The molecule has 13 heavy (non-hydrogen) atoms. The number of amides is 1. The van der Waals surface area contributed by atoms with Crippen molar-refractivity contribution in [1.29, 1.82) is 0 Å². The maximum absolute atomic E-state index is 11.3. The Hall–Kier alpha value is -0.570. The summed E-state index contributed by atoms with van der Waals surface area (Å²) in [6.07, 6.45) is 1.93. The van der Waals surface area contributed by atoms with Crippen LogP contribution in [0.4, 0.5) is 0 Å². The Morgan fingerprint density at radius 3 is 2.54 bits per heavy atom. The largest absolute Gasteiger partial charge is 0.356 e. The summed E-state index contributed by atoms with van der Waals surface area (Å²) in [5, 5.41) is 6.13. The summed E-state index contributed by atoms with van der Waals surface area (Å²) >= 11 is 0. The van der Waals surface area contributed by atoms with E-state index in [1.54, 1.807) is 0 Å². The van der Waals surface area contributed by atoms with E-state index < -0.39 is 0 Å². The fourth-order valence-corrected chi connectivity index (χ4v) is 0.961. The van der Waals surface area contributed by atoms with Crippen molar-refractivity contribution in [3.05, 3.63) is 0 Å². The third-order valence-corrected chi connectivity index (χ3v) is 2.14. The predicted molar refractivity (Wildman–Crippen MR) is 55.6 cm³/mol. The van der Waals surface area contributed by atoms with E-state index in [0.29, 0.717) is 0 Å². The Labute approximate surface area is 81.3 Å². The van der Waals surface area contributed by atoms with E-state index in [2.05, 4.69) is 17.6 Å². The van der Waals surface area contributed by atoms with Gasteiger partial charge in [0.2, 0.25) is 5.91 Å². The van der Waals surface area contributed by atoms with Crippen LogP contribution in [0.2, 0.25) is 0 Å².